The minimum atomic E-state index is 0.679. The highest BCUT2D eigenvalue weighted by molar-refractivity contribution is 6.38. The third kappa shape index (κ3) is 18.7. The first kappa shape index (κ1) is 70.6. The van der Waals surface area contributed by atoms with Crippen molar-refractivity contribution in [1.29, 1.82) is 0 Å². The van der Waals surface area contributed by atoms with E-state index in [2.05, 4.69) is 224 Å². The molecule has 0 N–H and O–H groups in total. The molecule has 6 nitrogen and oxygen atoms in total. The van der Waals surface area contributed by atoms with Crippen LogP contribution in [0.25, 0.3) is 99.1 Å². The predicted molar refractivity (Wildman–Crippen MR) is 409 cm³/mol. The SMILES string of the molecule is CCCCCCOc1ccc(-c2ccc3c4ccccc4c4c(-c5ccc(OCCCCCC)cc5)c(-c5ccc(OCCCCCC)cc5)c(-c5ccc(OCCCCCC)cc5)c(-c5ccc(OCCCCCC)cc5)c4c3c2-c2ccc(OCCCCCC)cc2)cc1. The van der Waals surface area contributed by atoms with Crippen LogP contribution in [0, 0.1) is 0 Å². The van der Waals surface area contributed by atoms with Crippen molar-refractivity contribution in [3.8, 4) is 101 Å². The molecule has 0 bridgehead atoms. The topological polar surface area (TPSA) is 55.4 Å². The second-order valence-corrected chi connectivity index (χ2v) is 26.3. The number of ether oxygens (including phenoxy) is 6. The molecular weight excluding hydrogens is 1180 g/mol. The van der Waals surface area contributed by atoms with Crippen molar-refractivity contribution in [2.75, 3.05) is 39.6 Å². The maximum atomic E-state index is 6.60. The van der Waals surface area contributed by atoms with E-state index in [0.717, 1.165) is 172 Å². The lowest BCUT2D eigenvalue weighted by atomic mass is 9.75. The highest BCUT2D eigenvalue weighted by Gasteiger charge is 2.30. The molecule has 10 rings (SSSR count). The van der Waals surface area contributed by atoms with E-state index in [1.807, 2.05) is 0 Å². The second-order valence-electron chi connectivity index (χ2n) is 26.3. The van der Waals surface area contributed by atoms with Crippen LogP contribution in [0.2, 0.25) is 0 Å². The average molecular weight is 1290 g/mol. The molecule has 0 amide bonds. The first-order valence-electron chi connectivity index (χ1n) is 37.4. The fraction of sp³-hybridized carbons (Fsp3) is 0.400. The number of unbranched alkanes of at least 4 members (excludes halogenated alkanes) is 18. The average Bonchev–Trinajstić information content (AvgIpc) is 0.692. The quantitative estimate of drug-likeness (QED) is 0.0281. The first-order chi connectivity index (χ1) is 47.5. The zero-order valence-electron chi connectivity index (χ0n) is 59.0. The predicted octanol–water partition coefficient (Wildman–Crippen LogP) is 26.9. The van der Waals surface area contributed by atoms with Crippen LogP contribution in [0.4, 0.5) is 0 Å². The van der Waals surface area contributed by atoms with Crippen molar-refractivity contribution in [3.05, 3.63) is 182 Å². The van der Waals surface area contributed by atoms with E-state index in [4.69, 9.17) is 28.4 Å². The monoisotopic (exact) mass is 1280 g/mol. The van der Waals surface area contributed by atoms with Crippen molar-refractivity contribution in [1.82, 2.24) is 0 Å². The van der Waals surface area contributed by atoms with E-state index in [1.165, 1.54) is 116 Å². The zero-order valence-corrected chi connectivity index (χ0v) is 59.0. The summed E-state index contributed by atoms with van der Waals surface area (Å²) < 4.78 is 39.3. The van der Waals surface area contributed by atoms with Gasteiger partial charge in [-0.3, -0.25) is 0 Å². The van der Waals surface area contributed by atoms with Gasteiger partial charge in [-0.05, 0) is 210 Å². The summed E-state index contributed by atoms with van der Waals surface area (Å²) in [4.78, 5) is 0. The van der Waals surface area contributed by atoms with Gasteiger partial charge in [0.25, 0.3) is 0 Å². The summed E-state index contributed by atoms with van der Waals surface area (Å²) in [5.74, 6) is 5.26. The van der Waals surface area contributed by atoms with Gasteiger partial charge in [-0.2, -0.15) is 0 Å². The van der Waals surface area contributed by atoms with Gasteiger partial charge in [-0.15, -0.1) is 0 Å². The fourth-order valence-electron chi connectivity index (χ4n) is 13.6. The number of rotatable bonds is 42. The van der Waals surface area contributed by atoms with Gasteiger partial charge >= 0.3 is 0 Å². The minimum absolute atomic E-state index is 0.679. The van der Waals surface area contributed by atoms with Gasteiger partial charge in [-0.1, -0.05) is 266 Å². The van der Waals surface area contributed by atoms with Crippen molar-refractivity contribution in [2.45, 2.75) is 196 Å². The van der Waals surface area contributed by atoms with Crippen LogP contribution in [0.3, 0.4) is 0 Å². The molecule has 504 valence electrons. The molecule has 0 radical (unpaired) electrons. The Balaban J connectivity index is 1.34. The van der Waals surface area contributed by atoms with Gasteiger partial charge in [0.2, 0.25) is 0 Å². The summed E-state index contributed by atoms with van der Waals surface area (Å²) in [5.41, 5.74) is 13.5. The van der Waals surface area contributed by atoms with Crippen LogP contribution >= 0.6 is 0 Å². The summed E-state index contributed by atoms with van der Waals surface area (Å²) in [7, 11) is 0. The Bertz CT molecular complexity index is 3900. The summed E-state index contributed by atoms with van der Waals surface area (Å²) in [6, 6.07) is 67.8. The Hall–Kier alpha value is -8.22. The number of benzene rings is 10. The van der Waals surface area contributed by atoms with Crippen molar-refractivity contribution in [3.63, 3.8) is 0 Å². The van der Waals surface area contributed by atoms with Crippen molar-refractivity contribution >= 4 is 32.3 Å². The number of hydrogen-bond donors (Lipinski definition) is 0. The maximum Gasteiger partial charge on any atom is 0.119 e. The largest absolute Gasteiger partial charge is 0.494 e. The van der Waals surface area contributed by atoms with Gasteiger partial charge in [0.05, 0.1) is 39.6 Å². The molecular formula is C90H108O6. The van der Waals surface area contributed by atoms with E-state index in [-0.39, 0.29) is 0 Å². The third-order valence-electron chi connectivity index (χ3n) is 18.9. The number of fused-ring (bicyclic) bond motifs is 6. The minimum Gasteiger partial charge on any atom is -0.494 e. The van der Waals surface area contributed by atoms with Crippen LogP contribution in [0.5, 0.6) is 34.5 Å². The third-order valence-corrected chi connectivity index (χ3v) is 18.9. The summed E-state index contributed by atoms with van der Waals surface area (Å²) in [6.07, 6.45) is 27.5. The first-order valence-corrected chi connectivity index (χ1v) is 37.4. The van der Waals surface area contributed by atoms with Gasteiger partial charge < -0.3 is 28.4 Å². The van der Waals surface area contributed by atoms with Gasteiger partial charge in [0.1, 0.15) is 34.5 Å². The second kappa shape index (κ2) is 37.9. The molecule has 10 aromatic carbocycles. The Labute approximate surface area is 576 Å². The highest BCUT2D eigenvalue weighted by Crippen LogP contribution is 2.57. The standard InChI is InChI=1S/C90H108O6/c1-7-13-19-27-61-91-73-47-35-67(36-48-73)79-59-60-82-80-33-25-26-34-81(80)89-86(71-43-55-77(56-44-71)95-65-31-23-17-11-5)84(69-39-51-75(52-40-69)93-63-29-21-15-9-3)85(70-41-53-76(54-42-70)94-64-30-22-16-10-4)87(72-45-57-78(58-46-72)96-66-32-24-18-12-6)90(89)88(82)83(79)68-37-49-74(50-38-68)92-62-28-20-14-8-2/h25-26,33-60H,7-24,27-32,61-66H2,1-6H3. The van der Waals surface area contributed by atoms with Crippen LogP contribution in [-0.2, 0) is 0 Å². The smallest absolute Gasteiger partial charge is 0.119 e. The van der Waals surface area contributed by atoms with E-state index in [1.54, 1.807) is 0 Å². The number of hydrogen-bond acceptors (Lipinski definition) is 6. The van der Waals surface area contributed by atoms with Crippen LogP contribution in [0.15, 0.2) is 182 Å². The summed E-state index contributed by atoms with van der Waals surface area (Å²) >= 11 is 0. The van der Waals surface area contributed by atoms with E-state index in [0.29, 0.717) is 39.6 Å². The van der Waals surface area contributed by atoms with Crippen LogP contribution < -0.4 is 28.4 Å². The lowest BCUT2D eigenvalue weighted by Crippen LogP contribution is -2.02. The molecule has 0 unspecified atom stereocenters. The molecule has 6 heteroatoms. The molecule has 0 fully saturated rings. The van der Waals surface area contributed by atoms with Crippen LogP contribution in [-0.4, -0.2) is 39.6 Å². The highest BCUT2D eigenvalue weighted by atomic mass is 16.5. The van der Waals surface area contributed by atoms with Gasteiger partial charge in [0, 0.05) is 0 Å². The molecule has 0 heterocycles. The Morgan fingerprint density at radius 1 is 0.188 bits per heavy atom. The molecule has 0 aromatic heterocycles. The Morgan fingerprint density at radius 3 is 0.729 bits per heavy atom. The molecule has 0 atom stereocenters. The fourth-order valence-corrected chi connectivity index (χ4v) is 13.6. The molecule has 0 aliphatic rings. The van der Waals surface area contributed by atoms with Gasteiger partial charge in [-0.25, -0.2) is 0 Å². The summed E-state index contributed by atoms with van der Waals surface area (Å²) in [6.45, 7) is 17.7. The van der Waals surface area contributed by atoms with E-state index >= 15 is 0 Å². The molecule has 0 aliphatic carbocycles. The lowest BCUT2D eigenvalue weighted by molar-refractivity contribution is 0.305. The van der Waals surface area contributed by atoms with E-state index < -0.39 is 0 Å². The normalized spacial score (nSPS) is 11.4. The summed E-state index contributed by atoms with van der Waals surface area (Å²) in [5, 5.41) is 7.07. The molecule has 0 saturated carbocycles. The Kier molecular flexibility index (Phi) is 27.9. The molecule has 10 aromatic rings. The van der Waals surface area contributed by atoms with Crippen molar-refractivity contribution in [2.24, 2.45) is 0 Å². The maximum absolute atomic E-state index is 6.60. The molecule has 96 heavy (non-hydrogen) atoms. The van der Waals surface area contributed by atoms with Crippen molar-refractivity contribution < 1.29 is 28.4 Å². The lowest BCUT2D eigenvalue weighted by Gasteiger charge is -2.28. The Morgan fingerprint density at radius 2 is 0.427 bits per heavy atom. The van der Waals surface area contributed by atoms with E-state index in [9.17, 15) is 0 Å². The molecule has 0 spiro atoms. The van der Waals surface area contributed by atoms with Crippen LogP contribution in [0.1, 0.15) is 196 Å². The molecule has 0 saturated heterocycles. The molecule has 0 aliphatic heterocycles. The van der Waals surface area contributed by atoms with Gasteiger partial charge in [0.15, 0.2) is 0 Å². The zero-order chi connectivity index (χ0) is 66.5.